The molecule has 1 saturated carbocycles. The Kier molecular flexibility index (Phi) is 4.68. The summed E-state index contributed by atoms with van der Waals surface area (Å²) in [6.45, 7) is 2.42. The van der Waals surface area contributed by atoms with E-state index in [1.54, 1.807) is 0 Å². The third-order valence-corrected chi connectivity index (χ3v) is 6.31. The van der Waals surface area contributed by atoms with Crippen molar-refractivity contribution in [1.29, 1.82) is 0 Å². The van der Waals surface area contributed by atoms with E-state index in [1.165, 1.54) is 19.0 Å². The van der Waals surface area contributed by atoms with Gasteiger partial charge < -0.3 is 4.98 Å². The van der Waals surface area contributed by atoms with Gasteiger partial charge in [-0.25, -0.2) is 18.1 Å². The molecule has 0 spiro atoms. The van der Waals surface area contributed by atoms with Crippen LogP contribution in [0, 0.1) is 5.41 Å². The zero-order valence-electron chi connectivity index (χ0n) is 11.1. The predicted molar refractivity (Wildman–Crippen MR) is 77.8 cm³/mol. The number of halogens is 1. The average molecular weight is 350 g/mol. The van der Waals surface area contributed by atoms with Gasteiger partial charge in [0.1, 0.15) is 5.82 Å². The highest BCUT2D eigenvalue weighted by molar-refractivity contribution is 9.09. The Labute approximate surface area is 122 Å². The van der Waals surface area contributed by atoms with Crippen molar-refractivity contribution in [3.8, 4) is 0 Å². The van der Waals surface area contributed by atoms with E-state index in [0.717, 1.165) is 18.2 Å². The van der Waals surface area contributed by atoms with Crippen molar-refractivity contribution in [3.05, 3.63) is 12.0 Å². The standard InChI is InChI=1S/C12H20BrN3O2S/c1-2-10-14-7-11(16-10)19(17,18)15-9-12(8-13)5-3-4-6-12/h7,15H,2-6,8-9H2,1H3,(H,14,16). The first kappa shape index (κ1) is 15.0. The van der Waals surface area contributed by atoms with Crippen LogP contribution in [0.2, 0.25) is 0 Å². The van der Waals surface area contributed by atoms with Gasteiger partial charge in [-0.15, -0.1) is 0 Å². The van der Waals surface area contributed by atoms with Crippen LogP contribution >= 0.6 is 15.9 Å². The third kappa shape index (κ3) is 3.38. The summed E-state index contributed by atoms with van der Waals surface area (Å²) >= 11 is 3.52. The van der Waals surface area contributed by atoms with E-state index in [4.69, 9.17) is 0 Å². The lowest BCUT2D eigenvalue weighted by atomic mass is 9.89. The number of aromatic amines is 1. The first-order valence-corrected chi connectivity index (χ1v) is 9.21. The SMILES string of the molecule is CCc1ncc(S(=O)(=O)NCC2(CBr)CCCC2)[nH]1. The average Bonchev–Trinajstić information content (AvgIpc) is 3.06. The molecule has 0 atom stereocenters. The Morgan fingerprint density at radius 3 is 2.68 bits per heavy atom. The minimum atomic E-state index is -3.47. The van der Waals surface area contributed by atoms with Gasteiger partial charge in [-0.1, -0.05) is 35.7 Å². The van der Waals surface area contributed by atoms with Gasteiger partial charge >= 0.3 is 0 Å². The molecule has 19 heavy (non-hydrogen) atoms. The fourth-order valence-corrected chi connectivity index (χ4v) is 4.32. The van der Waals surface area contributed by atoms with Crippen molar-refractivity contribution in [3.63, 3.8) is 0 Å². The lowest BCUT2D eigenvalue weighted by molar-refractivity contribution is 0.347. The molecule has 1 heterocycles. The van der Waals surface area contributed by atoms with E-state index < -0.39 is 10.0 Å². The van der Waals surface area contributed by atoms with E-state index in [1.807, 2.05) is 6.92 Å². The number of aromatic nitrogens is 2. The fraction of sp³-hybridized carbons (Fsp3) is 0.750. The van der Waals surface area contributed by atoms with Crippen LogP contribution in [0.4, 0.5) is 0 Å². The molecular weight excluding hydrogens is 330 g/mol. The molecule has 1 fully saturated rings. The number of sulfonamides is 1. The van der Waals surface area contributed by atoms with Crippen molar-refractivity contribution in [2.24, 2.45) is 5.41 Å². The maximum Gasteiger partial charge on any atom is 0.257 e. The summed E-state index contributed by atoms with van der Waals surface area (Å²) in [5.74, 6) is 0.691. The maximum atomic E-state index is 12.2. The molecule has 1 aromatic rings. The second kappa shape index (κ2) is 5.93. The van der Waals surface area contributed by atoms with Gasteiger partial charge in [0.15, 0.2) is 5.03 Å². The molecule has 1 aliphatic carbocycles. The molecule has 5 nitrogen and oxygen atoms in total. The quantitative estimate of drug-likeness (QED) is 0.773. The van der Waals surface area contributed by atoms with Crippen molar-refractivity contribution in [2.75, 3.05) is 11.9 Å². The molecular formula is C12H20BrN3O2S. The van der Waals surface area contributed by atoms with Gasteiger partial charge in [-0.3, -0.25) is 0 Å². The lowest BCUT2D eigenvalue weighted by Gasteiger charge is -2.26. The molecule has 108 valence electrons. The summed E-state index contributed by atoms with van der Waals surface area (Å²) < 4.78 is 27.1. The van der Waals surface area contributed by atoms with Gasteiger partial charge in [-0.2, -0.15) is 0 Å². The molecule has 0 aromatic carbocycles. The number of nitrogens with one attached hydrogen (secondary N) is 2. The molecule has 2 rings (SSSR count). The number of hydrogen-bond acceptors (Lipinski definition) is 3. The van der Waals surface area contributed by atoms with Gasteiger partial charge in [-0.05, 0) is 18.3 Å². The minimum absolute atomic E-state index is 0.0701. The zero-order chi connectivity index (χ0) is 13.9. The minimum Gasteiger partial charge on any atom is -0.332 e. The Bertz CT molecular complexity index is 521. The van der Waals surface area contributed by atoms with E-state index >= 15 is 0 Å². The third-order valence-electron chi connectivity index (χ3n) is 3.81. The summed E-state index contributed by atoms with van der Waals surface area (Å²) in [6.07, 6.45) is 6.58. The summed E-state index contributed by atoms with van der Waals surface area (Å²) in [6, 6.07) is 0. The topological polar surface area (TPSA) is 74.8 Å². The number of imidazole rings is 1. The molecule has 1 aromatic heterocycles. The monoisotopic (exact) mass is 349 g/mol. The predicted octanol–water partition coefficient (Wildman–Crippen LogP) is 2.21. The summed E-state index contributed by atoms with van der Waals surface area (Å²) in [7, 11) is -3.47. The molecule has 0 aliphatic heterocycles. The van der Waals surface area contributed by atoms with Crippen molar-refractivity contribution in [2.45, 2.75) is 44.1 Å². The zero-order valence-corrected chi connectivity index (χ0v) is 13.5. The number of rotatable bonds is 6. The second-order valence-corrected chi connectivity index (χ2v) is 7.51. The highest BCUT2D eigenvalue weighted by Gasteiger charge is 2.34. The van der Waals surface area contributed by atoms with Crippen LogP contribution in [-0.2, 0) is 16.4 Å². The highest BCUT2D eigenvalue weighted by Crippen LogP contribution is 2.39. The first-order chi connectivity index (χ1) is 9.01. The lowest BCUT2D eigenvalue weighted by Crippen LogP contribution is -2.37. The normalized spacial score (nSPS) is 18.8. The summed E-state index contributed by atoms with van der Waals surface area (Å²) in [5.41, 5.74) is 0.0701. The number of H-pyrrole nitrogens is 1. The molecule has 7 heteroatoms. The van der Waals surface area contributed by atoms with Crippen LogP contribution < -0.4 is 4.72 Å². The first-order valence-electron chi connectivity index (χ1n) is 6.61. The van der Waals surface area contributed by atoms with Gasteiger partial charge in [0.05, 0.1) is 6.20 Å². The Morgan fingerprint density at radius 2 is 2.16 bits per heavy atom. The molecule has 0 amide bonds. The Balaban J connectivity index is 2.05. The van der Waals surface area contributed by atoms with E-state index in [0.29, 0.717) is 18.8 Å². The molecule has 0 saturated heterocycles. The Hall–Kier alpha value is -0.400. The van der Waals surface area contributed by atoms with Crippen LogP contribution in [-0.4, -0.2) is 30.3 Å². The van der Waals surface area contributed by atoms with Crippen LogP contribution in [0.15, 0.2) is 11.2 Å². The molecule has 1 aliphatic rings. The molecule has 0 bridgehead atoms. The van der Waals surface area contributed by atoms with Crippen molar-refractivity contribution in [1.82, 2.24) is 14.7 Å². The van der Waals surface area contributed by atoms with Gasteiger partial charge in [0.25, 0.3) is 10.0 Å². The highest BCUT2D eigenvalue weighted by atomic mass is 79.9. The number of alkyl halides is 1. The number of nitrogens with zero attached hydrogens (tertiary/aromatic N) is 1. The van der Waals surface area contributed by atoms with Crippen LogP contribution in [0.25, 0.3) is 0 Å². The van der Waals surface area contributed by atoms with Crippen LogP contribution in [0.5, 0.6) is 0 Å². The molecule has 2 N–H and O–H groups in total. The van der Waals surface area contributed by atoms with Crippen LogP contribution in [0.3, 0.4) is 0 Å². The van der Waals surface area contributed by atoms with E-state index in [-0.39, 0.29) is 10.4 Å². The van der Waals surface area contributed by atoms with Gasteiger partial charge in [0, 0.05) is 18.3 Å². The van der Waals surface area contributed by atoms with Crippen molar-refractivity contribution < 1.29 is 8.42 Å². The van der Waals surface area contributed by atoms with Gasteiger partial charge in [0.2, 0.25) is 0 Å². The smallest absolute Gasteiger partial charge is 0.257 e. The molecule has 0 unspecified atom stereocenters. The summed E-state index contributed by atoms with van der Waals surface area (Å²) in [5, 5.41) is 0.998. The van der Waals surface area contributed by atoms with Crippen LogP contribution in [0.1, 0.15) is 38.4 Å². The fourth-order valence-electron chi connectivity index (χ4n) is 2.47. The van der Waals surface area contributed by atoms with E-state index in [9.17, 15) is 8.42 Å². The maximum absolute atomic E-state index is 12.2. The van der Waals surface area contributed by atoms with E-state index in [2.05, 4.69) is 30.6 Å². The second-order valence-electron chi connectivity index (χ2n) is 5.21. The Morgan fingerprint density at radius 1 is 1.47 bits per heavy atom. The summed E-state index contributed by atoms with van der Waals surface area (Å²) in [4.78, 5) is 6.87. The number of hydrogen-bond donors (Lipinski definition) is 2. The molecule has 0 radical (unpaired) electrons. The largest absolute Gasteiger partial charge is 0.332 e. The van der Waals surface area contributed by atoms with Crippen molar-refractivity contribution >= 4 is 26.0 Å². The number of aryl methyl sites for hydroxylation is 1.